The Bertz CT molecular complexity index is 3320. The first kappa shape index (κ1) is 35.6. The molecule has 0 unspecified atom stereocenters. The summed E-state index contributed by atoms with van der Waals surface area (Å²) in [7, 11) is 0. The molecule has 4 heteroatoms. The van der Waals surface area contributed by atoms with Gasteiger partial charge in [0.15, 0.2) is 0 Å². The van der Waals surface area contributed by atoms with Gasteiger partial charge in [0, 0.05) is 56.2 Å². The number of benzene rings is 8. The Kier molecular flexibility index (Phi) is 8.46. The smallest absolute Gasteiger partial charge is 0.0970 e. The standard InChI is InChI=1S/C58H38N4/c1-3-21-41(39(19-1)43-23-5-11-31-51(43)61-53-33-13-7-25-45(53)46-26-8-14-34-54(46)61)49-29-17-37-59-57(49)58-50(30-18-38-60-58)42-22-4-2-20-40(42)44-24-6-12-32-52(44)62-55-35-15-9-27-47(55)48-28-10-16-36-56(48)62/h1-38H. The van der Waals surface area contributed by atoms with Gasteiger partial charge in [-0.3, -0.25) is 9.97 Å². The molecule has 0 saturated carbocycles. The first-order chi connectivity index (χ1) is 30.8. The molecule has 4 aromatic heterocycles. The molecule has 290 valence electrons. The van der Waals surface area contributed by atoms with Crippen LogP contribution in [0.15, 0.2) is 231 Å². The van der Waals surface area contributed by atoms with Gasteiger partial charge in [0.2, 0.25) is 0 Å². The first-order valence-corrected chi connectivity index (χ1v) is 21.1. The van der Waals surface area contributed by atoms with E-state index < -0.39 is 0 Å². The Morgan fingerprint density at radius 1 is 0.226 bits per heavy atom. The van der Waals surface area contributed by atoms with E-state index in [1.165, 1.54) is 43.6 Å². The number of rotatable bonds is 7. The number of hydrogen-bond acceptors (Lipinski definition) is 2. The van der Waals surface area contributed by atoms with Crippen molar-refractivity contribution < 1.29 is 0 Å². The van der Waals surface area contributed by atoms with Crippen LogP contribution in [0.3, 0.4) is 0 Å². The molecule has 12 aromatic rings. The van der Waals surface area contributed by atoms with Gasteiger partial charge in [-0.1, -0.05) is 170 Å². The van der Waals surface area contributed by atoms with Crippen molar-refractivity contribution in [3.05, 3.63) is 231 Å². The van der Waals surface area contributed by atoms with Crippen LogP contribution in [0.2, 0.25) is 0 Å². The second-order valence-corrected chi connectivity index (χ2v) is 15.7. The van der Waals surface area contributed by atoms with E-state index in [1.807, 2.05) is 24.5 Å². The topological polar surface area (TPSA) is 35.6 Å². The maximum Gasteiger partial charge on any atom is 0.0970 e. The van der Waals surface area contributed by atoms with Gasteiger partial charge < -0.3 is 9.13 Å². The zero-order valence-electron chi connectivity index (χ0n) is 33.7. The molecule has 0 atom stereocenters. The summed E-state index contributed by atoms with van der Waals surface area (Å²) in [5, 5.41) is 4.95. The molecule has 4 nitrogen and oxygen atoms in total. The van der Waals surface area contributed by atoms with E-state index in [2.05, 4.69) is 215 Å². The fourth-order valence-corrected chi connectivity index (χ4v) is 9.69. The molecule has 0 radical (unpaired) electrons. The summed E-state index contributed by atoms with van der Waals surface area (Å²) in [5.74, 6) is 0. The summed E-state index contributed by atoms with van der Waals surface area (Å²) >= 11 is 0. The fourth-order valence-electron chi connectivity index (χ4n) is 9.69. The van der Waals surface area contributed by atoms with Gasteiger partial charge in [0.05, 0.1) is 44.8 Å². The van der Waals surface area contributed by atoms with Gasteiger partial charge in [-0.15, -0.1) is 0 Å². The van der Waals surface area contributed by atoms with Crippen molar-refractivity contribution in [2.45, 2.75) is 0 Å². The van der Waals surface area contributed by atoms with Crippen LogP contribution in [0, 0.1) is 0 Å². The minimum Gasteiger partial charge on any atom is -0.309 e. The second kappa shape index (κ2) is 14.7. The minimum atomic E-state index is 0.829. The van der Waals surface area contributed by atoms with E-state index in [4.69, 9.17) is 9.97 Å². The average molecular weight is 791 g/mol. The SMILES string of the molecule is c1ccc(-c2cccnc2-c2ncccc2-c2ccccc2-c2ccccc2-n2c3ccccc3c3ccccc32)c(-c2ccccc2-n2c3ccccc3c3ccccc32)c1. The second-order valence-electron chi connectivity index (χ2n) is 15.7. The molecule has 0 aliphatic heterocycles. The summed E-state index contributed by atoms with van der Waals surface area (Å²) in [5.41, 5.74) is 17.3. The summed E-state index contributed by atoms with van der Waals surface area (Å²) in [4.78, 5) is 10.3. The van der Waals surface area contributed by atoms with E-state index >= 15 is 0 Å². The molecule has 62 heavy (non-hydrogen) atoms. The van der Waals surface area contributed by atoms with Crippen LogP contribution in [-0.2, 0) is 0 Å². The van der Waals surface area contributed by atoms with Crippen LogP contribution in [0.1, 0.15) is 0 Å². The Labute approximate surface area is 359 Å². The number of hydrogen-bond donors (Lipinski definition) is 0. The van der Waals surface area contributed by atoms with Gasteiger partial charge >= 0.3 is 0 Å². The highest BCUT2D eigenvalue weighted by atomic mass is 15.0. The summed E-state index contributed by atoms with van der Waals surface area (Å²) < 4.78 is 4.82. The highest BCUT2D eigenvalue weighted by Crippen LogP contribution is 2.45. The predicted molar refractivity (Wildman–Crippen MR) is 258 cm³/mol. The van der Waals surface area contributed by atoms with Gasteiger partial charge in [0.25, 0.3) is 0 Å². The van der Waals surface area contributed by atoms with Crippen molar-refractivity contribution in [2.75, 3.05) is 0 Å². The fraction of sp³-hybridized carbons (Fsp3) is 0. The van der Waals surface area contributed by atoms with E-state index in [0.717, 1.165) is 67.3 Å². The molecule has 8 aromatic carbocycles. The van der Waals surface area contributed by atoms with Crippen LogP contribution in [-0.4, -0.2) is 19.1 Å². The average Bonchev–Trinajstić information content (AvgIpc) is 3.87. The molecular weight excluding hydrogens is 753 g/mol. The third-order valence-electron chi connectivity index (χ3n) is 12.3. The van der Waals surface area contributed by atoms with Crippen molar-refractivity contribution in [3.8, 4) is 67.3 Å². The predicted octanol–water partition coefficient (Wildman–Crippen LogP) is 15.0. The molecule has 12 rings (SSSR count). The lowest BCUT2D eigenvalue weighted by atomic mass is 9.89. The van der Waals surface area contributed by atoms with Crippen molar-refractivity contribution in [2.24, 2.45) is 0 Å². The lowest BCUT2D eigenvalue weighted by molar-refractivity contribution is 1.18. The van der Waals surface area contributed by atoms with E-state index in [9.17, 15) is 0 Å². The molecule has 0 aliphatic carbocycles. The summed E-state index contributed by atoms with van der Waals surface area (Å²) in [6.07, 6.45) is 3.77. The molecule has 0 amide bonds. The molecule has 0 fully saturated rings. The van der Waals surface area contributed by atoms with Crippen molar-refractivity contribution in [1.29, 1.82) is 0 Å². The molecule has 0 bridgehead atoms. The maximum absolute atomic E-state index is 5.16. The van der Waals surface area contributed by atoms with Crippen molar-refractivity contribution >= 4 is 43.6 Å². The van der Waals surface area contributed by atoms with E-state index in [0.29, 0.717) is 0 Å². The lowest BCUT2D eigenvalue weighted by Gasteiger charge is -2.20. The Balaban J connectivity index is 1.04. The maximum atomic E-state index is 5.16. The van der Waals surface area contributed by atoms with Crippen LogP contribution >= 0.6 is 0 Å². The van der Waals surface area contributed by atoms with E-state index in [-0.39, 0.29) is 0 Å². The molecule has 0 saturated heterocycles. The van der Waals surface area contributed by atoms with Crippen LogP contribution in [0.25, 0.3) is 111 Å². The number of fused-ring (bicyclic) bond motifs is 6. The molecule has 0 spiro atoms. The number of para-hydroxylation sites is 6. The zero-order chi connectivity index (χ0) is 41.0. The summed E-state index contributed by atoms with van der Waals surface area (Å²) in [6.45, 7) is 0. The number of aromatic nitrogens is 4. The third-order valence-corrected chi connectivity index (χ3v) is 12.3. The quantitative estimate of drug-likeness (QED) is 0.161. The highest BCUT2D eigenvalue weighted by molar-refractivity contribution is 6.11. The van der Waals surface area contributed by atoms with Crippen molar-refractivity contribution in [1.82, 2.24) is 19.1 Å². The minimum absolute atomic E-state index is 0.829. The molecule has 0 N–H and O–H groups in total. The number of pyridine rings is 2. The molecule has 0 aliphatic rings. The molecule has 4 heterocycles. The third kappa shape index (κ3) is 5.62. The molecular formula is C58H38N4. The van der Waals surface area contributed by atoms with Gasteiger partial charge in [-0.2, -0.15) is 0 Å². The Hall–Kier alpha value is -8.34. The van der Waals surface area contributed by atoms with Gasteiger partial charge in [-0.05, 0) is 70.8 Å². The number of nitrogens with zero attached hydrogens (tertiary/aromatic N) is 4. The normalized spacial score (nSPS) is 11.5. The summed E-state index contributed by atoms with van der Waals surface area (Å²) in [6, 6.07) is 78.1. The van der Waals surface area contributed by atoms with Crippen molar-refractivity contribution in [3.63, 3.8) is 0 Å². The first-order valence-electron chi connectivity index (χ1n) is 21.1. The largest absolute Gasteiger partial charge is 0.309 e. The van der Waals surface area contributed by atoms with Crippen LogP contribution in [0.5, 0.6) is 0 Å². The van der Waals surface area contributed by atoms with Crippen LogP contribution < -0.4 is 0 Å². The zero-order valence-corrected chi connectivity index (χ0v) is 33.7. The highest BCUT2D eigenvalue weighted by Gasteiger charge is 2.23. The van der Waals surface area contributed by atoms with Crippen LogP contribution in [0.4, 0.5) is 0 Å². The Morgan fingerprint density at radius 3 is 0.839 bits per heavy atom. The lowest BCUT2D eigenvalue weighted by Crippen LogP contribution is -2.00. The Morgan fingerprint density at radius 2 is 0.484 bits per heavy atom. The van der Waals surface area contributed by atoms with Gasteiger partial charge in [-0.25, -0.2) is 0 Å². The monoisotopic (exact) mass is 790 g/mol. The van der Waals surface area contributed by atoms with Gasteiger partial charge in [0.1, 0.15) is 0 Å². The van der Waals surface area contributed by atoms with E-state index in [1.54, 1.807) is 0 Å².